The average Bonchev–Trinajstić information content (AvgIpc) is 3.44. The van der Waals surface area contributed by atoms with Gasteiger partial charge in [0, 0.05) is 30.6 Å². The van der Waals surface area contributed by atoms with Gasteiger partial charge in [-0.15, -0.1) is 5.10 Å². The van der Waals surface area contributed by atoms with Crippen molar-refractivity contribution in [3.63, 3.8) is 0 Å². The van der Waals surface area contributed by atoms with E-state index in [0.29, 0.717) is 36.2 Å². The van der Waals surface area contributed by atoms with Crippen LogP contribution in [0.3, 0.4) is 0 Å². The number of carbonyl (C=O) groups excluding carboxylic acids is 1. The summed E-state index contributed by atoms with van der Waals surface area (Å²) in [6.45, 7) is 1.26. The van der Waals surface area contributed by atoms with E-state index in [1.165, 1.54) is 18.3 Å². The van der Waals surface area contributed by atoms with E-state index >= 15 is 0 Å². The normalized spacial score (nSPS) is 31.6. The van der Waals surface area contributed by atoms with Gasteiger partial charge in [-0.1, -0.05) is 5.21 Å². The number of fused-ring (bicyclic) bond motifs is 5. The largest absolute Gasteiger partial charge is 0.454 e. The van der Waals surface area contributed by atoms with Crippen LogP contribution in [0.15, 0.2) is 29.3 Å². The van der Waals surface area contributed by atoms with E-state index in [4.69, 9.17) is 9.47 Å². The van der Waals surface area contributed by atoms with Crippen LogP contribution in [0, 0.1) is 17.8 Å². The third-order valence-electron chi connectivity index (χ3n) is 6.99. The van der Waals surface area contributed by atoms with Crippen LogP contribution in [-0.4, -0.2) is 60.1 Å². The molecule has 29 heavy (non-hydrogen) atoms. The van der Waals surface area contributed by atoms with Gasteiger partial charge in [0.25, 0.3) is 5.91 Å². The number of hydrogen-bond acceptors (Lipinski definition) is 7. The summed E-state index contributed by atoms with van der Waals surface area (Å²) in [5.74, 6) is 1.54. The molecule has 0 bridgehead atoms. The van der Waals surface area contributed by atoms with E-state index in [2.05, 4.69) is 20.1 Å². The van der Waals surface area contributed by atoms with E-state index in [0.717, 1.165) is 12.8 Å². The lowest BCUT2D eigenvalue weighted by Gasteiger charge is -2.66. The van der Waals surface area contributed by atoms with Gasteiger partial charge in [-0.3, -0.25) is 9.89 Å². The summed E-state index contributed by atoms with van der Waals surface area (Å²) in [5.41, 5.74) is -0.116. The highest BCUT2D eigenvalue weighted by atomic mass is 32.2. The molecule has 1 aromatic carbocycles. The summed E-state index contributed by atoms with van der Waals surface area (Å²) in [4.78, 5) is 14.6. The van der Waals surface area contributed by atoms with Crippen LogP contribution >= 0.6 is 0 Å². The quantitative estimate of drug-likeness (QED) is 0.736. The molecule has 2 aliphatic carbocycles. The molecule has 4 aliphatic rings. The second-order valence-electron chi connectivity index (χ2n) is 8.16. The number of aromatic amines is 1. The van der Waals surface area contributed by atoms with Crippen LogP contribution in [-0.2, 0) is 10.0 Å². The van der Waals surface area contributed by atoms with Crippen molar-refractivity contribution in [2.75, 3.05) is 19.9 Å². The lowest BCUT2D eigenvalue weighted by Crippen LogP contribution is -2.75. The molecule has 1 unspecified atom stereocenters. The molecule has 0 radical (unpaired) electrons. The highest BCUT2D eigenvalue weighted by molar-refractivity contribution is 7.89. The SMILES string of the molecule is O=C(c1cnn[nH]1)N1C[C@@H]2[C@H]3CCC3(NS(=O)(=O)c3ccc4c(c3)OCO4)[C@@H]2C1. The standard InChI is InChI=1S/C18H19N5O5S/c24-17(14-6-19-22-20-14)23-7-11-12-3-4-18(12,13(11)8-23)21-29(25,26)10-1-2-15-16(5-10)28-9-27-15/h1-2,5-6,11-13,21H,3-4,7-9H2,(H,19,20,22)/t11-,12-,13-,18?/m1/s1. The fraction of sp³-hybridized carbons (Fsp3) is 0.500. The second-order valence-corrected chi connectivity index (χ2v) is 9.84. The highest BCUT2D eigenvalue weighted by Gasteiger charge is 2.70. The Bertz CT molecular complexity index is 1100. The smallest absolute Gasteiger partial charge is 0.273 e. The summed E-state index contributed by atoms with van der Waals surface area (Å²) in [7, 11) is -3.72. The van der Waals surface area contributed by atoms with Gasteiger partial charge in [0.1, 0.15) is 5.69 Å². The zero-order valence-corrected chi connectivity index (χ0v) is 16.2. The predicted octanol–water partition coefficient (Wildman–Crippen LogP) is 0.362. The highest BCUT2D eigenvalue weighted by Crippen LogP contribution is 2.64. The van der Waals surface area contributed by atoms with Crippen molar-refractivity contribution >= 4 is 15.9 Å². The van der Waals surface area contributed by atoms with Crippen LogP contribution in [0.5, 0.6) is 11.5 Å². The van der Waals surface area contributed by atoms with Crippen molar-refractivity contribution < 1.29 is 22.7 Å². The minimum absolute atomic E-state index is 0.0950. The molecular weight excluding hydrogens is 398 g/mol. The molecule has 152 valence electrons. The van der Waals surface area contributed by atoms with Crippen LogP contribution in [0.2, 0.25) is 0 Å². The molecule has 1 amide bonds. The summed E-state index contributed by atoms with van der Waals surface area (Å²) in [6, 6.07) is 4.65. The first-order valence-corrected chi connectivity index (χ1v) is 11.1. The molecule has 3 fully saturated rings. The van der Waals surface area contributed by atoms with Crippen molar-refractivity contribution in [2.24, 2.45) is 17.8 Å². The molecule has 1 aromatic heterocycles. The molecule has 11 heteroatoms. The number of rotatable bonds is 4. The van der Waals surface area contributed by atoms with Crippen molar-refractivity contribution in [1.29, 1.82) is 0 Å². The van der Waals surface area contributed by atoms with E-state index in [-0.39, 0.29) is 29.4 Å². The van der Waals surface area contributed by atoms with Crippen molar-refractivity contribution in [3.05, 3.63) is 30.1 Å². The molecule has 0 spiro atoms. The van der Waals surface area contributed by atoms with Crippen molar-refractivity contribution in [2.45, 2.75) is 23.3 Å². The molecule has 2 saturated carbocycles. The topological polar surface area (TPSA) is 127 Å². The molecular formula is C18H19N5O5S. The van der Waals surface area contributed by atoms with Crippen LogP contribution in [0.1, 0.15) is 23.3 Å². The van der Waals surface area contributed by atoms with Gasteiger partial charge in [0.2, 0.25) is 16.8 Å². The Morgan fingerprint density at radius 2 is 2.10 bits per heavy atom. The fourth-order valence-corrected chi connectivity index (χ4v) is 7.07. The Morgan fingerprint density at radius 1 is 1.24 bits per heavy atom. The molecule has 2 N–H and O–H groups in total. The Morgan fingerprint density at radius 3 is 2.86 bits per heavy atom. The number of nitrogens with zero attached hydrogens (tertiary/aromatic N) is 3. The number of H-pyrrole nitrogens is 1. The molecule has 2 aromatic rings. The Balaban J connectivity index is 1.23. The first kappa shape index (κ1) is 17.2. The number of carbonyl (C=O) groups is 1. The van der Waals surface area contributed by atoms with E-state index in [1.807, 2.05) is 0 Å². The number of aromatic nitrogens is 3. The summed E-state index contributed by atoms with van der Waals surface area (Å²) < 4.78 is 39.8. The maximum Gasteiger partial charge on any atom is 0.273 e. The second kappa shape index (κ2) is 5.70. The summed E-state index contributed by atoms with van der Waals surface area (Å²) >= 11 is 0. The number of ether oxygens (including phenoxy) is 2. The molecule has 6 rings (SSSR count). The van der Waals surface area contributed by atoms with E-state index < -0.39 is 15.6 Å². The van der Waals surface area contributed by atoms with Crippen LogP contribution in [0.4, 0.5) is 0 Å². The molecule has 10 nitrogen and oxygen atoms in total. The van der Waals surface area contributed by atoms with Gasteiger partial charge in [0.05, 0.1) is 11.1 Å². The van der Waals surface area contributed by atoms with Crippen molar-refractivity contribution in [1.82, 2.24) is 25.0 Å². The minimum atomic E-state index is -3.72. The fourth-order valence-electron chi connectivity index (χ4n) is 5.53. The molecule has 4 atom stereocenters. The monoisotopic (exact) mass is 417 g/mol. The van der Waals surface area contributed by atoms with Gasteiger partial charge in [-0.05, 0) is 36.8 Å². The summed E-state index contributed by atoms with van der Waals surface area (Å²) in [6.07, 6.45) is 3.17. The third-order valence-corrected chi connectivity index (χ3v) is 8.51. The zero-order chi connectivity index (χ0) is 19.8. The number of benzene rings is 1. The first-order valence-electron chi connectivity index (χ1n) is 9.57. The lowest BCUT2D eigenvalue weighted by atomic mass is 9.43. The van der Waals surface area contributed by atoms with Crippen LogP contribution in [0.25, 0.3) is 0 Å². The number of amides is 1. The Labute approximate surface area is 166 Å². The van der Waals surface area contributed by atoms with Gasteiger partial charge >= 0.3 is 0 Å². The number of sulfonamides is 1. The Kier molecular flexibility index (Phi) is 3.38. The number of likely N-dealkylation sites (tertiary alicyclic amines) is 1. The van der Waals surface area contributed by atoms with Gasteiger partial charge in [-0.25, -0.2) is 13.1 Å². The first-order chi connectivity index (χ1) is 14.0. The third kappa shape index (κ3) is 2.31. The Hall–Kier alpha value is -2.66. The van der Waals surface area contributed by atoms with E-state index in [1.54, 1.807) is 11.0 Å². The maximum absolute atomic E-state index is 13.1. The van der Waals surface area contributed by atoms with E-state index in [9.17, 15) is 13.2 Å². The summed E-state index contributed by atoms with van der Waals surface area (Å²) in [5, 5.41) is 9.87. The molecule has 3 heterocycles. The van der Waals surface area contributed by atoms with Crippen LogP contribution < -0.4 is 14.2 Å². The van der Waals surface area contributed by atoms with Crippen molar-refractivity contribution in [3.8, 4) is 11.5 Å². The number of hydrogen-bond donors (Lipinski definition) is 2. The van der Waals surface area contributed by atoms with Gasteiger partial charge in [0.15, 0.2) is 11.5 Å². The average molecular weight is 417 g/mol. The van der Waals surface area contributed by atoms with Gasteiger partial charge in [-0.2, -0.15) is 0 Å². The molecule has 1 saturated heterocycles. The predicted molar refractivity (Wildman–Crippen MR) is 97.6 cm³/mol. The zero-order valence-electron chi connectivity index (χ0n) is 15.4. The number of nitrogens with one attached hydrogen (secondary N) is 2. The minimum Gasteiger partial charge on any atom is -0.454 e. The maximum atomic E-state index is 13.1. The lowest BCUT2D eigenvalue weighted by molar-refractivity contribution is -0.110. The molecule has 2 aliphatic heterocycles. The van der Waals surface area contributed by atoms with Gasteiger partial charge < -0.3 is 14.4 Å².